The van der Waals surface area contributed by atoms with Crippen LogP contribution in [0.2, 0.25) is 0 Å². The quantitative estimate of drug-likeness (QED) is 0.788. The number of amides is 1. The molecule has 0 saturated heterocycles. The van der Waals surface area contributed by atoms with Gasteiger partial charge in [0, 0.05) is 19.1 Å². The molecule has 4 nitrogen and oxygen atoms in total. The van der Waals surface area contributed by atoms with Crippen molar-refractivity contribution < 1.29 is 4.79 Å². The summed E-state index contributed by atoms with van der Waals surface area (Å²) in [6.07, 6.45) is 1.15. The summed E-state index contributed by atoms with van der Waals surface area (Å²) in [4.78, 5) is 14.2. The summed E-state index contributed by atoms with van der Waals surface area (Å²) in [5, 5.41) is 8.65. The summed E-state index contributed by atoms with van der Waals surface area (Å²) >= 11 is 0. The molecule has 0 heterocycles. The minimum absolute atomic E-state index is 0.0809. The maximum Gasteiger partial charge on any atom is 0.227 e. The van der Waals surface area contributed by atoms with Crippen molar-refractivity contribution in [3.63, 3.8) is 0 Å². The summed E-state index contributed by atoms with van der Waals surface area (Å²) in [6.45, 7) is 11.1. The molecule has 2 N–H and O–H groups in total. The summed E-state index contributed by atoms with van der Waals surface area (Å²) in [5.74, 6) is -0.0660. The van der Waals surface area contributed by atoms with Crippen molar-refractivity contribution in [1.29, 1.82) is 5.26 Å². The number of carbonyl (C=O) groups is 1. The van der Waals surface area contributed by atoms with Crippen molar-refractivity contribution >= 4 is 5.91 Å². The van der Waals surface area contributed by atoms with E-state index in [-0.39, 0.29) is 23.3 Å². The molecule has 0 aliphatic heterocycles. The number of nitriles is 1. The van der Waals surface area contributed by atoms with Gasteiger partial charge in [-0.2, -0.15) is 5.26 Å². The molecule has 0 aromatic rings. The van der Waals surface area contributed by atoms with Gasteiger partial charge in [0.1, 0.15) is 0 Å². The first kappa shape index (κ1) is 16.9. The zero-order valence-electron chi connectivity index (χ0n) is 12.4. The van der Waals surface area contributed by atoms with Crippen molar-refractivity contribution in [2.24, 2.45) is 17.1 Å². The van der Waals surface area contributed by atoms with Crippen LogP contribution >= 0.6 is 0 Å². The third-order valence-corrected chi connectivity index (χ3v) is 2.86. The maximum atomic E-state index is 12.4. The van der Waals surface area contributed by atoms with Gasteiger partial charge < -0.3 is 10.6 Å². The van der Waals surface area contributed by atoms with E-state index in [1.54, 1.807) is 4.90 Å². The number of hydrogen-bond donors (Lipinski definition) is 1. The van der Waals surface area contributed by atoms with Crippen molar-refractivity contribution in [3.05, 3.63) is 0 Å². The molecule has 0 fully saturated rings. The monoisotopic (exact) mass is 253 g/mol. The van der Waals surface area contributed by atoms with E-state index in [4.69, 9.17) is 11.0 Å². The molecule has 104 valence electrons. The molecule has 0 radical (unpaired) electrons. The lowest BCUT2D eigenvalue weighted by atomic mass is 9.84. The number of nitrogens with two attached hydrogens (primary N) is 1. The lowest BCUT2D eigenvalue weighted by Gasteiger charge is -2.32. The third kappa shape index (κ3) is 6.02. The van der Waals surface area contributed by atoms with Gasteiger partial charge in [-0.05, 0) is 25.7 Å². The number of carbonyl (C=O) groups excluding carboxylic acids is 1. The molecular formula is C14H27N3O. The fraction of sp³-hybridized carbons (Fsp3) is 0.857. The zero-order valence-corrected chi connectivity index (χ0v) is 12.4. The van der Waals surface area contributed by atoms with E-state index in [9.17, 15) is 4.79 Å². The largest absolute Gasteiger partial charge is 0.339 e. The van der Waals surface area contributed by atoms with Crippen LogP contribution < -0.4 is 5.73 Å². The van der Waals surface area contributed by atoms with Crippen molar-refractivity contribution in [2.45, 2.75) is 53.5 Å². The highest BCUT2D eigenvalue weighted by molar-refractivity contribution is 5.79. The third-order valence-electron chi connectivity index (χ3n) is 2.86. The molecule has 18 heavy (non-hydrogen) atoms. The minimum atomic E-state index is -0.147. The molecule has 0 saturated carbocycles. The van der Waals surface area contributed by atoms with Crippen molar-refractivity contribution in [2.75, 3.05) is 13.1 Å². The Balaban J connectivity index is 4.76. The Morgan fingerprint density at radius 3 is 2.28 bits per heavy atom. The number of rotatable bonds is 6. The molecular weight excluding hydrogens is 226 g/mol. The Kier molecular flexibility index (Phi) is 6.93. The van der Waals surface area contributed by atoms with Crippen LogP contribution in [-0.2, 0) is 4.79 Å². The van der Waals surface area contributed by atoms with E-state index in [0.717, 1.165) is 6.42 Å². The second kappa shape index (κ2) is 7.38. The topological polar surface area (TPSA) is 70.1 Å². The Hall–Kier alpha value is -1.08. The average molecular weight is 253 g/mol. The van der Waals surface area contributed by atoms with Crippen molar-refractivity contribution in [1.82, 2.24) is 4.90 Å². The second-order valence-corrected chi connectivity index (χ2v) is 6.23. The molecule has 1 amide bonds. The predicted molar refractivity (Wildman–Crippen MR) is 73.7 cm³/mol. The summed E-state index contributed by atoms with van der Waals surface area (Å²) in [6, 6.07) is 2.20. The van der Waals surface area contributed by atoms with Crippen LogP contribution in [0.25, 0.3) is 0 Å². The van der Waals surface area contributed by atoms with Gasteiger partial charge >= 0.3 is 0 Å². The lowest BCUT2D eigenvalue weighted by molar-refractivity contribution is -0.137. The van der Waals surface area contributed by atoms with Crippen LogP contribution in [0.1, 0.15) is 47.5 Å². The first-order chi connectivity index (χ1) is 8.22. The highest BCUT2D eigenvalue weighted by Crippen LogP contribution is 2.25. The number of hydrogen-bond acceptors (Lipinski definition) is 3. The van der Waals surface area contributed by atoms with Gasteiger partial charge in [-0.3, -0.25) is 4.79 Å². The van der Waals surface area contributed by atoms with Gasteiger partial charge in [-0.15, -0.1) is 0 Å². The van der Waals surface area contributed by atoms with E-state index in [2.05, 4.69) is 26.8 Å². The molecule has 0 aliphatic rings. The Labute approximate surface area is 111 Å². The molecule has 0 aromatic carbocycles. The van der Waals surface area contributed by atoms with Gasteiger partial charge in [0.15, 0.2) is 0 Å². The van der Waals surface area contributed by atoms with Crippen molar-refractivity contribution in [3.8, 4) is 6.07 Å². The smallest absolute Gasteiger partial charge is 0.227 e. The van der Waals surface area contributed by atoms with E-state index >= 15 is 0 Å². The summed E-state index contributed by atoms with van der Waals surface area (Å²) in [5.41, 5.74) is 5.82. The van der Waals surface area contributed by atoms with Gasteiger partial charge in [-0.1, -0.05) is 20.8 Å². The molecule has 0 aromatic heterocycles. The van der Waals surface area contributed by atoms with Crippen LogP contribution in [0.4, 0.5) is 0 Å². The molecule has 1 atom stereocenters. The first-order valence-electron chi connectivity index (χ1n) is 6.60. The molecule has 0 bridgehead atoms. The molecule has 1 unspecified atom stereocenters. The van der Waals surface area contributed by atoms with Gasteiger partial charge in [0.25, 0.3) is 0 Å². The van der Waals surface area contributed by atoms with Crippen LogP contribution in [0, 0.1) is 22.7 Å². The normalized spacial score (nSPS) is 13.2. The first-order valence-corrected chi connectivity index (χ1v) is 6.60. The van der Waals surface area contributed by atoms with E-state index in [0.29, 0.717) is 19.5 Å². The highest BCUT2D eigenvalue weighted by atomic mass is 16.2. The molecule has 4 heteroatoms. The lowest BCUT2D eigenvalue weighted by Crippen LogP contribution is -2.44. The fourth-order valence-electron chi connectivity index (χ4n) is 2.04. The Bertz CT molecular complexity index is 299. The van der Waals surface area contributed by atoms with Gasteiger partial charge in [0.2, 0.25) is 5.91 Å². The van der Waals surface area contributed by atoms with Crippen LogP contribution in [0.3, 0.4) is 0 Å². The standard InChI is InChI=1S/C14H27N3O/c1-11(2)17(8-6-7-15)13(18)12(10-16)9-14(3,4)5/h11-12H,6,8-10,16H2,1-5H3. The maximum absolute atomic E-state index is 12.4. The van der Waals surface area contributed by atoms with Gasteiger partial charge in [0.05, 0.1) is 18.4 Å². The second-order valence-electron chi connectivity index (χ2n) is 6.23. The average Bonchev–Trinajstić information content (AvgIpc) is 2.24. The van der Waals surface area contributed by atoms with Crippen LogP contribution in [0.15, 0.2) is 0 Å². The van der Waals surface area contributed by atoms with E-state index < -0.39 is 0 Å². The predicted octanol–water partition coefficient (Wildman–Crippen LogP) is 2.15. The summed E-state index contributed by atoms with van der Waals surface area (Å²) < 4.78 is 0. The highest BCUT2D eigenvalue weighted by Gasteiger charge is 2.28. The Morgan fingerprint density at radius 1 is 1.39 bits per heavy atom. The molecule has 0 aliphatic carbocycles. The van der Waals surface area contributed by atoms with Crippen LogP contribution in [-0.4, -0.2) is 29.9 Å². The van der Waals surface area contributed by atoms with Crippen LogP contribution in [0.5, 0.6) is 0 Å². The van der Waals surface area contributed by atoms with E-state index in [1.807, 2.05) is 13.8 Å². The zero-order chi connectivity index (χ0) is 14.3. The molecule has 0 spiro atoms. The summed E-state index contributed by atoms with van der Waals surface area (Å²) in [7, 11) is 0. The SMILES string of the molecule is CC(C)N(CCC#N)C(=O)C(CN)CC(C)(C)C. The Morgan fingerprint density at radius 2 is 1.94 bits per heavy atom. The molecule has 0 rings (SSSR count). The van der Waals surface area contributed by atoms with E-state index in [1.165, 1.54) is 0 Å². The number of nitrogens with zero attached hydrogens (tertiary/aromatic N) is 2. The fourth-order valence-corrected chi connectivity index (χ4v) is 2.04. The minimum Gasteiger partial charge on any atom is -0.339 e. The van der Waals surface area contributed by atoms with Gasteiger partial charge in [-0.25, -0.2) is 0 Å².